The van der Waals surface area contributed by atoms with E-state index in [2.05, 4.69) is 17.1 Å². The lowest BCUT2D eigenvalue weighted by Gasteiger charge is -2.26. The van der Waals surface area contributed by atoms with Crippen LogP contribution in [0.15, 0.2) is 18.2 Å². The van der Waals surface area contributed by atoms with Crippen molar-refractivity contribution in [3.8, 4) is 0 Å². The Labute approximate surface area is 114 Å². The lowest BCUT2D eigenvalue weighted by molar-refractivity contribution is 0.301. The molecule has 0 heterocycles. The Kier molecular flexibility index (Phi) is 5.16. The summed E-state index contributed by atoms with van der Waals surface area (Å²) >= 11 is 0. The highest BCUT2D eigenvalue weighted by Gasteiger charge is 2.22. The zero-order chi connectivity index (χ0) is 13.7. The molecule has 0 atom stereocenters. The Morgan fingerprint density at radius 2 is 2.16 bits per heavy atom. The van der Waals surface area contributed by atoms with Gasteiger partial charge in [-0.05, 0) is 31.4 Å². The predicted molar refractivity (Wildman–Crippen MR) is 75.9 cm³/mol. The van der Waals surface area contributed by atoms with Crippen LogP contribution < -0.4 is 10.2 Å². The zero-order valence-electron chi connectivity index (χ0n) is 11.5. The third-order valence-corrected chi connectivity index (χ3v) is 3.44. The molecule has 1 aromatic carbocycles. The molecule has 1 fully saturated rings. The normalized spacial score (nSPS) is 14.7. The molecule has 1 aliphatic carbocycles. The van der Waals surface area contributed by atoms with Crippen molar-refractivity contribution in [2.75, 3.05) is 24.6 Å². The first-order valence-corrected chi connectivity index (χ1v) is 7.12. The molecule has 2 N–H and O–H groups in total. The smallest absolute Gasteiger partial charge is 0.129 e. The molecule has 19 heavy (non-hydrogen) atoms. The maximum Gasteiger partial charge on any atom is 0.129 e. The summed E-state index contributed by atoms with van der Waals surface area (Å²) in [5.41, 5.74) is 1.63. The molecule has 4 heteroatoms. The summed E-state index contributed by atoms with van der Waals surface area (Å²) in [5.74, 6) is -0.162. The summed E-state index contributed by atoms with van der Waals surface area (Å²) < 4.78 is 14.0. The Hall–Kier alpha value is -1.13. The van der Waals surface area contributed by atoms with Gasteiger partial charge in [0, 0.05) is 36.9 Å². The number of rotatable bonds is 8. The summed E-state index contributed by atoms with van der Waals surface area (Å²) in [6.45, 7) is 4.13. The number of benzene rings is 1. The van der Waals surface area contributed by atoms with Gasteiger partial charge in [0.05, 0.1) is 6.61 Å². The summed E-state index contributed by atoms with van der Waals surface area (Å²) in [6, 6.07) is 5.75. The molecule has 1 saturated carbocycles. The van der Waals surface area contributed by atoms with Gasteiger partial charge in [-0.25, -0.2) is 4.39 Å². The first-order chi connectivity index (χ1) is 9.26. The minimum atomic E-state index is -0.162. The first-order valence-electron chi connectivity index (χ1n) is 7.12. The van der Waals surface area contributed by atoms with Crippen LogP contribution in [0, 0.1) is 5.82 Å². The lowest BCUT2D eigenvalue weighted by atomic mass is 10.1. The van der Waals surface area contributed by atoms with Crippen LogP contribution in [0.25, 0.3) is 0 Å². The topological polar surface area (TPSA) is 35.5 Å². The SMILES string of the molecule is CCCN(CCO)c1cccc(F)c1CNC1CC1. The third-order valence-electron chi connectivity index (χ3n) is 3.44. The van der Waals surface area contributed by atoms with E-state index in [9.17, 15) is 4.39 Å². The molecule has 0 aliphatic heterocycles. The second kappa shape index (κ2) is 6.87. The molecule has 0 bridgehead atoms. The molecule has 3 nitrogen and oxygen atoms in total. The van der Waals surface area contributed by atoms with Crippen LogP contribution in [0.5, 0.6) is 0 Å². The first kappa shape index (κ1) is 14.3. The average molecular weight is 266 g/mol. The predicted octanol–water partition coefficient (Wildman–Crippen LogP) is 2.29. The van der Waals surface area contributed by atoms with Gasteiger partial charge in [0.25, 0.3) is 0 Å². The molecule has 0 saturated heterocycles. The number of anilines is 1. The van der Waals surface area contributed by atoms with Crippen LogP contribution in [0.3, 0.4) is 0 Å². The highest BCUT2D eigenvalue weighted by molar-refractivity contribution is 5.54. The standard InChI is InChI=1S/C15H23FN2O/c1-2-8-18(9-10-19)15-5-3-4-14(16)13(15)11-17-12-6-7-12/h3-5,12,17,19H,2,6-11H2,1H3. The summed E-state index contributed by atoms with van der Waals surface area (Å²) in [6.07, 6.45) is 3.37. The van der Waals surface area contributed by atoms with Gasteiger partial charge in [-0.1, -0.05) is 13.0 Å². The van der Waals surface area contributed by atoms with Gasteiger partial charge in [0.2, 0.25) is 0 Å². The average Bonchev–Trinajstić information content (AvgIpc) is 3.21. The van der Waals surface area contributed by atoms with Crippen molar-refractivity contribution in [1.29, 1.82) is 0 Å². The second-order valence-corrected chi connectivity index (χ2v) is 5.10. The van der Waals surface area contributed by atoms with E-state index in [1.807, 2.05) is 6.07 Å². The van der Waals surface area contributed by atoms with Crippen LogP contribution in [-0.4, -0.2) is 30.8 Å². The second-order valence-electron chi connectivity index (χ2n) is 5.10. The lowest BCUT2D eigenvalue weighted by Crippen LogP contribution is -2.29. The van der Waals surface area contributed by atoms with E-state index >= 15 is 0 Å². The highest BCUT2D eigenvalue weighted by atomic mass is 19.1. The van der Waals surface area contributed by atoms with Gasteiger partial charge in [-0.3, -0.25) is 0 Å². The quantitative estimate of drug-likeness (QED) is 0.758. The van der Waals surface area contributed by atoms with E-state index in [0.29, 0.717) is 19.1 Å². The van der Waals surface area contributed by atoms with Gasteiger partial charge < -0.3 is 15.3 Å². The third kappa shape index (κ3) is 3.91. The molecular formula is C15H23FN2O. The minimum Gasteiger partial charge on any atom is -0.395 e. The minimum absolute atomic E-state index is 0.0893. The van der Waals surface area contributed by atoms with Crippen LogP contribution in [-0.2, 0) is 6.54 Å². The Morgan fingerprint density at radius 1 is 1.37 bits per heavy atom. The van der Waals surface area contributed by atoms with E-state index in [1.54, 1.807) is 6.07 Å². The van der Waals surface area contributed by atoms with E-state index < -0.39 is 0 Å². The molecule has 106 valence electrons. The van der Waals surface area contributed by atoms with E-state index in [0.717, 1.165) is 24.2 Å². The van der Waals surface area contributed by atoms with Crippen molar-refractivity contribution in [3.63, 3.8) is 0 Å². The number of halogens is 1. The van der Waals surface area contributed by atoms with Crippen molar-refractivity contribution in [3.05, 3.63) is 29.6 Å². The van der Waals surface area contributed by atoms with Crippen molar-refractivity contribution >= 4 is 5.69 Å². The number of aliphatic hydroxyl groups is 1. The Bertz CT molecular complexity index is 401. The number of hydrogen-bond donors (Lipinski definition) is 2. The van der Waals surface area contributed by atoms with Gasteiger partial charge in [0.15, 0.2) is 0 Å². The molecule has 0 unspecified atom stereocenters. The fraction of sp³-hybridized carbons (Fsp3) is 0.600. The van der Waals surface area contributed by atoms with Crippen molar-refractivity contribution in [2.45, 2.75) is 38.8 Å². The summed E-state index contributed by atoms with van der Waals surface area (Å²) in [4.78, 5) is 2.06. The van der Waals surface area contributed by atoms with Crippen molar-refractivity contribution < 1.29 is 9.50 Å². The van der Waals surface area contributed by atoms with Crippen molar-refractivity contribution in [1.82, 2.24) is 5.32 Å². The number of aliphatic hydroxyl groups excluding tert-OH is 1. The zero-order valence-corrected chi connectivity index (χ0v) is 11.5. The molecule has 1 aromatic rings. The Balaban J connectivity index is 2.17. The molecule has 0 amide bonds. The summed E-state index contributed by atoms with van der Waals surface area (Å²) in [5, 5.41) is 12.5. The van der Waals surface area contributed by atoms with Gasteiger partial charge in [-0.2, -0.15) is 0 Å². The van der Waals surface area contributed by atoms with Gasteiger partial charge in [0.1, 0.15) is 5.82 Å². The molecule has 0 aromatic heterocycles. The van der Waals surface area contributed by atoms with Gasteiger partial charge >= 0.3 is 0 Å². The fourth-order valence-electron chi connectivity index (χ4n) is 2.30. The molecule has 2 rings (SSSR count). The Morgan fingerprint density at radius 3 is 2.79 bits per heavy atom. The molecule has 1 aliphatic rings. The number of hydrogen-bond acceptors (Lipinski definition) is 3. The summed E-state index contributed by atoms with van der Waals surface area (Å²) in [7, 11) is 0. The largest absolute Gasteiger partial charge is 0.395 e. The monoisotopic (exact) mass is 266 g/mol. The van der Waals surface area contributed by atoms with E-state index in [4.69, 9.17) is 5.11 Å². The van der Waals surface area contributed by atoms with Crippen LogP contribution >= 0.6 is 0 Å². The van der Waals surface area contributed by atoms with Crippen LogP contribution in [0.2, 0.25) is 0 Å². The number of nitrogens with one attached hydrogen (secondary N) is 1. The fourth-order valence-corrected chi connectivity index (χ4v) is 2.30. The van der Waals surface area contributed by atoms with Crippen LogP contribution in [0.4, 0.5) is 10.1 Å². The number of nitrogens with zero attached hydrogens (tertiary/aromatic N) is 1. The highest BCUT2D eigenvalue weighted by Crippen LogP contribution is 2.25. The van der Waals surface area contributed by atoms with Crippen molar-refractivity contribution in [2.24, 2.45) is 0 Å². The molecular weight excluding hydrogens is 243 g/mol. The molecule has 0 spiro atoms. The van der Waals surface area contributed by atoms with E-state index in [-0.39, 0.29) is 12.4 Å². The van der Waals surface area contributed by atoms with Crippen LogP contribution in [0.1, 0.15) is 31.7 Å². The van der Waals surface area contributed by atoms with Gasteiger partial charge in [-0.15, -0.1) is 0 Å². The molecule has 0 radical (unpaired) electrons. The van der Waals surface area contributed by atoms with E-state index in [1.165, 1.54) is 18.9 Å². The maximum absolute atomic E-state index is 14.0. The maximum atomic E-state index is 14.0.